The molecule has 232 valence electrons. The van der Waals surface area contributed by atoms with Gasteiger partial charge in [-0.3, -0.25) is 4.79 Å². The first-order chi connectivity index (χ1) is 19.5. The molecule has 1 aromatic carbocycles. The van der Waals surface area contributed by atoms with Gasteiger partial charge in [-0.05, 0) is 64.8 Å². The lowest BCUT2D eigenvalue weighted by molar-refractivity contribution is -0.265. The maximum Gasteiger partial charge on any atom is 0.424 e. The summed E-state index contributed by atoms with van der Waals surface area (Å²) in [5.74, 6) is -0.449. The molecule has 0 radical (unpaired) electrons. The molecule has 2 aliphatic rings. The van der Waals surface area contributed by atoms with Gasteiger partial charge in [0.1, 0.15) is 13.2 Å². The van der Waals surface area contributed by atoms with Gasteiger partial charge in [-0.1, -0.05) is 11.6 Å². The molecule has 1 aliphatic carbocycles. The predicted molar refractivity (Wildman–Crippen MR) is 148 cm³/mol. The van der Waals surface area contributed by atoms with E-state index in [1.165, 1.54) is 18.2 Å². The number of alkyl halides is 3. The molecular weight excluding hydrogens is 603 g/mol. The third kappa shape index (κ3) is 6.77. The Morgan fingerprint density at radius 3 is 2.52 bits per heavy atom. The van der Waals surface area contributed by atoms with Crippen LogP contribution in [-0.2, 0) is 22.1 Å². The van der Waals surface area contributed by atoms with Crippen molar-refractivity contribution in [2.24, 2.45) is 0 Å². The largest absolute Gasteiger partial charge is 0.488 e. The number of hydrogen-bond donors (Lipinski definition) is 4. The molecule has 1 aromatic heterocycles. The number of aliphatic hydroxyl groups is 2. The zero-order chi connectivity index (χ0) is 31.1. The third-order valence-corrected chi connectivity index (χ3v) is 8.68. The summed E-state index contributed by atoms with van der Waals surface area (Å²) in [4.78, 5) is 16.7. The summed E-state index contributed by atoms with van der Waals surface area (Å²) in [7, 11) is -1.63. The summed E-state index contributed by atoms with van der Waals surface area (Å²) < 4.78 is 75.1. The van der Waals surface area contributed by atoms with Gasteiger partial charge >= 0.3 is 6.18 Å². The Kier molecular flexibility index (Phi) is 9.06. The molecule has 15 heteroatoms. The molecule has 1 saturated carbocycles. The van der Waals surface area contributed by atoms with Crippen LogP contribution in [0.25, 0.3) is 0 Å². The van der Waals surface area contributed by atoms with Crippen molar-refractivity contribution >= 4 is 28.5 Å². The van der Waals surface area contributed by atoms with E-state index in [2.05, 4.69) is 15.0 Å². The number of nitrogens with zero attached hydrogens (tertiary/aromatic N) is 1. The van der Waals surface area contributed by atoms with Crippen LogP contribution in [0.2, 0.25) is 5.15 Å². The molecule has 1 amide bonds. The Labute approximate surface area is 248 Å². The Bertz CT molecular complexity index is 1370. The van der Waals surface area contributed by atoms with Crippen LogP contribution < -0.4 is 24.2 Å². The van der Waals surface area contributed by atoms with E-state index in [1.54, 1.807) is 27.7 Å². The summed E-state index contributed by atoms with van der Waals surface area (Å²) in [5, 5.41) is 21.8. The second-order valence-corrected chi connectivity index (χ2v) is 13.7. The standard InChI is InChI=1S/C27H33ClF3N3O7S/c1-24(2,3)42(38)34-25(4)14-40-21-17(25)12-20(33-22(21)28)26(37,27(29,30)31)13-32-23(36)15-5-8-18(39-10-9-35)19(11-15)41-16-6-7-16/h5,8,11-12,16,34-35,37H,6-7,9-10,13-14H2,1-4H3,(H,32,36)/t25-,26?,42?/m1/s1. The minimum atomic E-state index is -5.29. The summed E-state index contributed by atoms with van der Waals surface area (Å²) in [5.41, 5.74) is -5.65. The van der Waals surface area contributed by atoms with Crippen LogP contribution in [0.4, 0.5) is 13.2 Å². The molecule has 3 atom stereocenters. The first kappa shape index (κ1) is 32.3. The Morgan fingerprint density at radius 1 is 1.24 bits per heavy atom. The number of rotatable bonds is 11. The van der Waals surface area contributed by atoms with E-state index in [1.807, 2.05) is 0 Å². The molecule has 4 rings (SSSR count). The number of fused-ring (bicyclic) bond motifs is 1. The quantitative estimate of drug-likeness (QED) is 0.275. The molecule has 0 spiro atoms. The SMILES string of the molecule is CC(C)(C)S(=O)N[C@]1(C)COc2c1cc(C(O)(CNC(=O)c1ccc(OCCO)c(OC3CC3)c1)C(F)(F)F)nc2Cl. The summed E-state index contributed by atoms with van der Waals surface area (Å²) in [6.07, 6.45) is -3.76. The van der Waals surface area contributed by atoms with Gasteiger partial charge in [-0.25, -0.2) is 13.9 Å². The molecule has 1 fully saturated rings. The van der Waals surface area contributed by atoms with E-state index >= 15 is 0 Å². The van der Waals surface area contributed by atoms with Gasteiger partial charge < -0.3 is 29.7 Å². The first-order valence-electron chi connectivity index (χ1n) is 13.1. The van der Waals surface area contributed by atoms with Crippen LogP contribution in [-0.4, -0.2) is 68.7 Å². The summed E-state index contributed by atoms with van der Waals surface area (Å²) >= 11 is 6.21. The molecular formula is C27H33ClF3N3O7S. The number of pyridine rings is 1. The number of carbonyl (C=O) groups is 1. The molecule has 0 bridgehead atoms. The van der Waals surface area contributed by atoms with Gasteiger partial charge in [0, 0.05) is 11.1 Å². The van der Waals surface area contributed by atoms with Crippen LogP contribution in [0.1, 0.15) is 62.2 Å². The molecule has 2 aromatic rings. The van der Waals surface area contributed by atoms with E-state index in [0.29, 0.717) is 0 Å². The molecule has 42 heavy (non-hydrogen) atoms. The number of aliphatic hydroxyl groups excluding tert-OH is 1. The van der Waals surface area contributed by atoms with Gasteiger partial charge in [-0.15, -0.1) is 0 Å². The van der Waals surface area contributed by atoms with Gasteiger partial charge in [0.15, 0.2) is 22.4 Å². The number of hydrogen-bond acceptors (Lipinski definition) is 8. The lowest BCUT2D eigenvalue weighted by Crippen LogP contribution is -2.52. The van der Waals surface area contributed by atoms with E-state index < -0.39 is 56.3 Å². The maximum atomic E-state index is 14.4. The average molecular weight is 636 g/mol. The van der Waals surface area contributed by atoms with Crippen molar-refractivity contribution in [2.45, 2.75) is 68.7 Å². The molecule has 1 aliphatic heterocycles. The number of benzene rings is 1. The number of ether oxygens (including phenoxy) is 3. The van der Waals surface area contributed by atoms with Crippen molar-refractivity contribution in [3.05, 3.63) is 46.2 Å². The molecule has 10 nitrogen and oxygen atoms in total. The van der Waals surface area contributed by atoms with Crippen LogP contribution >= 0.6 is 11.6 Å². The second-order valence-electron chi connectivity index (χ2n) is 11.4. The van der Waals surface area contributed by atoms with E-state index in [-0.39, 0.29) is 54.3 Å². The van der Waals surface area contributed by atoms with Gasteiger partial charge in [-0.2, -0.15) is 13.2 Å². The smallest absolute Gasteiger partial charge is 0.424 e. The van der Waals surface area contributed by atoms with E-state index in [0.717, 1.165) is 18.9 Å². The van der Waals surface area contributed by atoms with Crippen molar-refractivity contribution in [3.8, 4) is 17.2 Å². The third-order valence-electron chi connectivity index (χ3n) is 6.68. The van der Waals surface area contributed by atoms with Crippen molar-refractivity contribution < 1.29 is 46.6 Å². The van der Waals surface area contributed by atoms with Crippen molar-refractivity contribution in [2.75, 3.05) is 26.4 Å². The average Bonchev–Trinajstić information content (AvgIpc) is 3.66. The van der Waals surface area contributed by atoms with Crippen LogP contribution in [0.5, 0.6) is 17.2 Å². The molecule has 4 N–H and O–H groups in total. The first-order valence-corrected chi connectivity index (χ1v) is 14.7. The second kappa shape index (κ2) is 11.8. The number of carbonyl (C=O) groups excluding carboxylic acids is 1. The van der Waals surface area contributed by atoms with Crippen LogP contribution in [0, 0.1) is 0 Å². The lowest BCUT2D eigenvalue weighted by atomic mass is 9.91. The summed E-state index contributed by atoms with van der Waals surface area (Å²) in [6.45, 7) is 5.10. The molecule has 0 saturated heterocycles. The summed E-state index contributed by atoms with van der Waals surface area (Å²) in [6, 6.07) is 5.05. The number of amides is 1. The van der Waals surface area contributed by atoms with Gasteiger partial charge in [0.05, 0.1) is 46.2 Å². The van der Waals surface area contributed by atoms with E-state index in [4.69, 9.17) is 30.9 Å². The zero-order valence-electron chi connectivity index (χ0n) is 23.4. The highest BCUT2D eigenvalue weighted by Crippen LogP contribution is 2.46. The predicted octanol–water partition coefficient (Wildman–Crippen LogP) is 3.49. The molecule has 2 heterocycles. The minimum Gasteiger partial charge on any atom is -0.488 e. The number of aromatic nitrogens is 1. The van der Waals surface area contributed by atoms with Crippen LogP contribution in [0.3, 0.4) is 0 Å². The zero-order valence-corrected chi connectivity index (χ0v) is 25.0. The normalized spacial score (nSPS) is 20.7. The van der Waals surface area contributed by atoms with Gasteiger partial charge in [0.2, 0.25) is 5.60 Å². The van der Waals surface area contributed by atoms with Crippen LogP contribution in [0.15, 0.2) is 24.3 Å². The number of halogens is 4. The Hall–Kier alpha value is -2.65. The monoisotopic (exact) mass is 635 g/mol. The highest BCUT2D eigenvalue weighted by atomic mass is 35.5. The fraction of sp³-hybridized carbons (Fsp3) is 0.556. The van der Waals surface area contributed by atoms with Gasteiger partial charge in [0.25, 0.3) is 5.91 Å². The van der Waals surface area contributed by atoms with Crippen molar-refractivity contribution in [1.29, 1.82) is 0 Å². The van der Waals surface area contributed by atoms with Crippen molar-refractivity contribution in [3.63, 3.8) is 0 Å². The highest BCUT2D eigenvalue weighted by Gasteiger charge is 2.57. The maximum absolute atomic E-state index is 14.4. The van der Waals surface area contributed by atoms with Crippen molar-refractivity contribution in [1.82, 2.24) is 15.0 Å². The Morgan fingerprint density at radius 2 is 1.93 bits per heavy atom. The Balaban J connectivity index is 1.62. The minimum absolute atomic E-state index is 0.00147. The fourth-order valence-corrected chi connectivity index (χ4v) is 5.16. The highest BCUT2D eigenvalue weighted by molar-refractivity contribution is 7.84. The fourth-order valence-electron chi connectivity index (χ4n) is 4.03. The lowest BCUT2D eigenvalue weighted by Gasteiger charge is -2.32. The topological polar surface area (TPSA) is 139 Å². The molecule has 2 unspecified atom stereocenters. The van der Waals surface area contributed by atoms with E-state index in [9.17, 15) is 27.3 Å². The number of nitrogens with one attached hydrogen (secondary N) is 2.